The van der Waals surface area contributed by atoms with Gasteiger partial charge in [0.15, 0.2) is 10.9 Å². The number of hydrogen-bond acceptors (Lipinski definition) is 4. The summed E-state index contributed by atoms with van der Waals surface area (Å²) in [5, 5.41) is 10.9. The van der Waals surface area contributed by atoms with Crippen molar-refractivity contribution in [3.8, 4) is 11.5 Å². The second-order valence-electron chi connectivity index (χ2n) is 5.71. The monoisotopic (exact) mass is 386 g/mol. The molecule has 0 saturated carbocycles. The number of thiocarbonyl (C=S) groups is 1. The Morgan fingerprint density at radius 3 is 2.33 bits per heavy atom. The van der Waals surface area contributed by atoms with Crippen molar-refractivity contribution < 1.29 is 13.9 Å². The maximum atomic E-state index is 13.0. The van der Waals surface area contributed by atoms with Gasteiger partial charge < -0.3 is 20.1 Å². The quantitative estimate of drug-likeness (QED) is 0.627. The largest absolute Gasteiger partial charge is 0.497 e. The number of benzene rings is 2. The summed E-state index contributed by atoms with van der Waals surface area (Å²) in [6.07, 6.45) is 1.82. The van der Waals surface area contributed by atoms with Crippen LogP contribution in [-0.2, 0) is 6.54 Å². The van der Waals surface area contributed by atoms with E-state index in [0.29, 0.717) is 29.0 Å². The van der Waals surface area contributed by atoms with Gasteiger partial charge in [-0.3, -0.25) is 4.68 Å². The van der Waals surface area contributed by atoms with Gasteiger partial charge in [-0.25, -0.2) is 4.39 Å². The molecule has 8 heteroatoms. The van der Waals surface area contributed by atoms with Gasteiger partial charge >= 0.3 is 0 Å². The molecule has 0 spiro atoms. The summed E-state index contributed by atoms with van der Waals surface area (Å²) in [5.41, 5.74) is 1.68. The van der Waals surface area contributed by atoms with Crippen LogP contribution in [0.15, 0.2) is 54.7 Å². The van der Waals surface area contributed by atoms with Gasteiger partial charge in [0.25, 0.3) is 0 Å². The Balaban J connectivity index is 1.61. The van der Waals surface area contributed by atoms with Crippen LogP contribution in [0.4, 0.5) is 15.9 Å². The third-order valence-electron chi connectivity index (χ3n) is 3.75. The first-order chi connectivity index (χ1) is 13.1. The Morgan fingerprint density at radius 1 is 1.04 bits per heavy atom. The van der Waals surface area contributed by atoms with Crippen molar-refractivity contribution in [2.24, 2.45) is 0 Å². The topological polar surface area (TPSA) is 60.3 Å². The van der Waals surface area contributed by atoms with Crippen molar-refractivity contribution in [3.05, 3.63) is 66.1 Å². The molecule has 6 nitrogen and oxygen atoms in total. The van der Waals surface area contributed by atoms with E-state index in [4.69, 9.17) is 21.7 Å². The molecule has 2 N–H and O–H groups in total. The zero-order valence-corrected chi connectivity index (χ0v) is 15.7. The SMILES string of the molecule is COc1cc(NC(=S)Nc2ccn(Cc3ccc(F)cc3)n2)cc(OC)c1. The molecule has 140 valence electrons. The van der Waals surface area contributed by atoms with Crippen molar-refractivity contribution >= 4 is 28.8 Å². The number of halogens is 1. The van der Waals surface area contributed by atoms with E-state index in [1.807, 2.05) is 24.4 Å². The fourth-order valence-corrected chi connectivity index (χ4v) is 2.67. The maximum absolute atomic E-state index is 13.0. The predicted molar refractivity (Wildman–Crippen MR) is 107 cm³/mol. The first-order valence-corrected chi connectivity index (χ1v) is 8.55. The summed E-state index contributed by atoms with van der Waals surface area (Å²) in [6, 6.07) is 13.5. The number of methoxy groups -OCH3 is 2. The van der Waals surface area contributed by atoms with E-state index < -0.39 is 0 Å². The van der Waals surface area contributed by atoms with Crippen molar-refractivity contribution in [2.45, 2.75) is 6.54 Å². The molecule has 0 amide bonds. The number of hydrogen-bond donors (Lipinski definition) is 2. The summed E-state index contributed by atoms with van der Waals surface area (Å²) < 4.78 is 25.2. The van der Waals surface area contributed by atoms with Gasteiger partial charge in [0.05, 0.1) is 20.8 Å². The van der Waals surface area contributed by atoms with Crippen LogP contribution in [0.1, 0.15) is 5.56 Å². The molecule has 1 heterocycles. The van der Waals surface area contributed by atoms with E-state index in [-0.39, 0.29) is 5.82 Å². The molecule has 0 aliphatic rings. The van der Waals surface area contributed by atoms with E-state index in [1.54, 1.807) is 37.1 Å². The fraction of sp³-hybridized carbons (Fsp3) is 0.158. The second kappa shape index (κ2) is 8.50. The molecular formula is C19H19FN4O2S. The average Bonchev–Trinajstić information content (AvgIpc) is 3.09. The van der Waals surface area contributed by atoms with E-state index >= 15 is 0 Å². The molecule has 0 atom stereocenters. The fourth-order valence-electron chi connectivity index (χ4n) is 2.45. The molecule has 2 aromatic carbocycles. The van der Waals surface area contributed by atoms with E-state index in [2.05, 4.69) is 15.7 Å². The van der Waals surface area contributed by atoms with Crippen LogP contribution in [0, 0.1) is 5.82 Å². The minimum atomic E-state index is -0.257. The minimum absolute atomic E-state index is 0.257. The summed E-state index contributed by atoms with van der Waals surface area (Å²) in [7, 11) is 3.17. The number of nitrogens with one attached hydrogen (secondary N) is 2. The van der Waals surface area contributed by atoms with Crippen LogP contribution in [0.25, 0.3) is 0 Å². The molecule has 1 aromatic heterocycles. The zero-order valence-electron chi connectivity index (χ0n) is 14.9. The van der Waals surface area contributed by atoms with Crippen LogP contribution in [0.2, 0.25) is 0 Å². The first-order valence-electron chi connectivity index (χ1n) is 8.14. The van der Waals surface area contributed by atoms with Crippen molar-refractivity contribution in [2.75, 3.05) is 24.9 Å². The Kier molecular flexibility index (Phi) is 5.87. The number of rotatable bonds is 6. The van der Waals surface area contributed by atoms with Crippen molar-refractivity contribution in [1.82, 2.24) is 9.78 Å². The highest BCUT2D eigenvalue weighted by molar-refractivity contribution is 7.80. The lowest BCUT2D eigenvalue weighted by molar-refractivity contribution is 0.395. The molecule has 0 bridgehead atoms. The standard InChI is InChI=1S/C19H19FN4O2S/c1-25-16-9-15(10-17(11-16)26-2)21-19(27)22-18-7-8-24(23-18)12-13-3-5-14(20)6-4-13/h3-11H,12H2,1-2H3,(H2,21,22,23,27). The van der Waals surface area contributed by atoms with Crippen molar-refractivity contribution in [3.63, 3.8) is 0 Å². The normalized spacial score (nSPS) is 10.3. The molecule has 0 saturated heterocycles. The average molecular weight is 386 g/mol. The second-order valence-corrected chi connectivity index (χ2v) is 6.11. The highest BCUT2D eigenvalue weighted by atomic mass is 32.1. The molecule has 27 heavy (non-hydrogen) atoms. The summed E-state index contributed by atoms with van der Waals surface area (Å²) >= 11 is 5.34. The first kappa shape index (κ1) is 18.7. The van der Waals surface area contributed by atoms with Crippen LogP contribution < -0.4 is 20.1 Å². The summed E-state index contributed by atoms with van der Waals surface area (Å²) in [4.78, 5) is 0. The van der Waals surface area contributed by atoms with Crippen LogP contribution in [0.3, 0.4) is 0 Å². The summed E-state index contributed by atoms with van der Waals surface area (Å²) in [5.74, 6) is 1.66. The van der Waals surface area contributed by atoms with Gasteiger partial charge in [0, 0.05) is 36.1 Å². The third-order valence-corrected chi connectivity index (χ3v) is 3.95. The number of ether oxygens (including phenoxy) is 2. The molecular weight excluding hydrogens is 367 g/mol. The van der Waals surface area contributed by atoms with Gasteiger partial charge in [-0.15, -0.1) is 0 Å². The highest BCUT2D eigenvalue weighted by Gasteiger charge is 2.06. The van der Waals surface area contributed by atoms with Crippen molar-refractivity contribution in [1.29, 1.82) is 0 Å². The Labute approximate surface area is 161 Å². The van der Waals surface area contributed by atoms with Crippen LogP contribution in [0.5, 0.6) is 11.5 Å². The molecule has 0 aliphatic carbocycles. The zero-order chi connectivity index (χ0) is 19.2. The van der Waals surface area contributed by atoms with E-state index in [9.17, 15) is 4.39 Å². The van der Waals surface area contributed by atoms with Gasteiger partial charge in [-0.05, 0) is 29.9 Å². The number of anilines is 2. The van der Waals surface area contributed by atoms with Crippen LogP contribution in [-0.4, -0.2) is 29.1 Å². The van der Waals surface area contributed by atoms with E-state index in [1.165, 1.54) is 12.1 Å². The Morgan fingerprint density at radius 2 is 1.70 bits per heavy atom. The third kappa shape index (κ3) is 5.18. The highest BCUT2D eigenvalue weighted by Crippen LogP contribution is 2.25. The molecule has 0 radical (unpaired) electrons. The molecule has 3 aromatic rings. The number of aromatic nitrogens is 2. The lowest BCUT2D eigenvalue weighted by atomic mass is 10.2. The summed E-state index contributed by atoms with van der Waals surface area (Å²) in [6.45, 7) is 0.537. The Hall–Kier alpha value is -3.13. The smallest absolute Gasteiger partial charge is 0.176 e. The van der Waals surface area contributed by atoms with Gasteiger partial charge in [-0.2, -0.15) is 5.10 Å². The molecule has 0 unspecified atom stereocenters. The molecule has 0 fully saturated rings. The lowest BCUT2D eigenvalue weighted by Gasteiger charge is -2.11. The maximum Gasteiger partial charge on any atom is 0.176 e. The van der Waals surface area contributed by atoms with Gasteiger partial charge in [0.1, 0.15) is 17.3 Å². The predicted octanol–water partition coefficient (Wildman–Crippen LogP) is 3.90. The Bertz CT molecular complexity index is 905. The van der Waals surface area contributed by atoms with Gasteiger partial charge in [-0.1, -0.05) is 12.1 Å². The van der Waals surface area contributed by atoms with E-state index in [0.717, 1.165) is 11.3 Å². The molecule has 3 rings (SSSR count). The minimum Gasteiger partial charge on any atom is -0.497 e. The number of nitrogens with zero attached hydrogens (tertiary/aromatic N) is 2. The van der Waals surface area contributed by atoms with Gasteiger partial charge in [0.2, 0.25) is 0 Å². The lowest BCUT2D eigenvalue weighted by Crippen LogP contribution is -2.19. The van der Waals surface area contributed by atoms with Crippen LogP contribution >= 0.6 is 12.2 Å². The molecule has 0 aliphatic heterocycles.